The van der Waals surface area contributed by atoms with Gasteiger partial charge in [-0.05, 0) is 18.9 Å². The van der Waals surface area contributed by atoms with Crippen molar-refractivity contribution in [1.82, 2.24) is 5.32 Å². The molecule has 0 radical (unpaired) electrons. The molecule has 0 fully saturated rings. The maximum absolute atomic E-state index is 10.6. The summed E-state index contributed by atoms with van der Waals surface area (Å²) in [5.74, 6) is -0.353. The van der Waals surface area contributed by atoms with Crippen LogP contribution in [0.1, 0.15) is 27.2 Å². The molecular formula is C9H19NO2. The Kier molecular flexibility index (Phi) is 5.72. The van der Waals surface area contributed by atoms with Gasteiger partial charge in [0.1, 0.15) is 0 Å². The molecule has 72 valence electrons. The van der Waals surface area contributed by atoms with Gasteiger partial charge in [0.25, 0.3) is 0 Å². The molecule has 0 spiro atoms. The quantitative estimate of drug-likeness (QED) is 0.637. The summed E-state index contributed by atoms with van der Waals surface area (Å²) < 4.78 is 0. The molecule has 0 bridgehead atoms. The molecule has 3 heteroatoms. The molecule has 0 saturated heterocycles. The van der Waals surface area contributed by atoms with Gasteiger partial charge in [-0.25, -0.2) is 0 Å². The van der Waals surface area contributed by atoms with Gasteiger partial charge in [0.2, 0.25) is 0 Å². The first kappa shape index (κ1) is 11.4. The van der Waals surface area contributed by atoms with E-state index in [0.717, 1.165) is 6.54 Å². The molecule has 0 aliphatic rings. The average Bonchev–Trinajstić information content (AvgIpc) is 1.96. The van der Waals surface area contributed by atoms with Crippen LogP contribution in [0, 0.1) is 11.8 Å². The van der Waals surface area contributed by atoms with Crippen LogP contribution in [0.2, 0.25) is 0 Å². The van der Waals surface area contributed by atoms with E-state index in [4.69, 9.17) is 5.11 Å². The number of carboxylic acid groups (broad SMARTS) is 1. The van der Waals surface area contributed by atoms with Crippen LogP contribution in [0.4, 0.5) is 0 Å². The third-order valence-electron chi connectivity index (χ3n) is 1.79. The van der Waals surface area contributed by atoms with Crippen LogP contribution in [-0.4, -0.2) is 24.2 Å². The summed E-state index contributed by atoms with van der Waals surface area (Å²) in [6.45, 7) is 7.59. The van der Waals surface area contributed by atoms with Gasteiger partial charge in [0, 0.05) is 6.54 Å². The number of hydrogen-bond acceptors (Lipinski definition) is 2. The average molecular weight is 173 g/mol. The molecule has 12 heavy (non-hydrogen) atoms. The first-order chi connectivity index (χ1) is 5.57. The Morgan fingerprint density at radius 3 is 2.33 bits per heavy atom. The molecule has 0 amide bonds. The van der Waals surface area contributed by atoms with Gasteiger partial charge in [0.15, 0.2) is 0 Å². The van der Waals surface area contributed by atoms with Crippen LogP contribution in [0.25, 0.3) is 0 Å². The highest BCUT2D eigenvalue weighted by Gasteiger charge is 2.13. The van der Waals surface area contributed by atoms with Crippen LogP contribution in [-0.2, 0) is 4.79 Å². The molecule has 1 atom stereocenters. The SMILES string of the molecule is CCC(CNCC(C)C)C(=O)O. The van der Waals surface area contributed by atoms with Crippen molar-refractivity contribution in [2.24, 2.45) is 11.8 Å². The number of nitrogens with one attached hydrogen (secondary N) is 1. The Morgan fingerprint density at radius 2 is 2.00 bits per heavy atom. The predicted octanol–water partition coefficient (Wildman–Crippen LogP) is 1.34. The second kappa shape index (κ2) is 6.00. The van der Waals surface area contributed by atoms with Gasteiger partial charge in [0.05, 0.1) is 5.92 Å². The standard InChI is InChI=1S/C9H19NO2/c1-4-8(9(11)12)6-10-5-7(2)3/h7-8,10H,4-6H2,1-3H3,(H,11,12). The zero-order valence-corrected chi connectivity index (χ0v) is 8.13. The van der Waals surface area contributed by atoms with Gasteiger partial charge >= 0.3 is 5.97 Å². The minimum absolute atomic E-state index is 0.233. The first-order valence-electron chi connectivity index (χ1n) is 4.51. The van der Waals surface area contributed by atoms with Crippen LogP contribution in [0.15, 0.2) is 0 Å². The van der Waals surface area contributed by atoms with E-state index in [0.29, 0.717) is 18.9 Å². The van der Waals surface area contributed by atoms with Crippen molar-refractivity contribution in [3.8, 4) is 0 Å². The van der Waals surface area contributed by atoms with Crippen LogP contribution in [0.3, 0.4) is 0 Å². The van der Waals surface area contributed by atoms with Gasteiger partial charge in [-0.3, -0.25) is 4.79 Å². The molecule has 0 saturated carbocycles. The number of aliphatic carboxylic acids is 1. The maximum Gasteiger partial charge on any atom is 0.307 e. The fourth-order valence-electron chi connectivity index (χ4n) is 0.953. The summed E-state index contributed by atoms with van der Waals surface area (Å²) in [6.07, 6.45) is 0.695. The van der Waals surface area contributed by atoms with Crippen LogP contribution >= 0.6 is 0 Å². The third-order valence-corrected chi connectivity index (χ3v) is 1.79. The Morgan fingerprint density at radius 1 is 1.42 bits per heavy atom. The van der Waals surface area contributed by atoms with Crippen molar-refractivity contribution in [3.63, 3.8) is 0 Å². The lowest BCUT2D eigenvalue weighted by atomic mass is 10.1. The van der Waals surface area contributed by atoms with E-state index >= 15 is 0 Å². The highest BCUT2D eigenvalue weighted by molar-refractivity contribution is 5.70. The van der Waals surface area contributed by atoms with E-state index in [1.165, 1.54) is 0 Å². The molecule has 0 aromatic rings. The monoisotopic (exact) mass is 173 g/mol. The van der Waals surface area contributed by atoms with Gasteiger partial charge < -0.3 is 10.4 Å². The largest absolute Gasteiger partial charge is 0.481 e. The van der Waals surface area contributed by atoms with Crippen molar-refractivity contribution in [1.29, 1.82) is 0 Å². The molecule has 0 heterocycles. The Bertz CT molecular complexity index is 134. The van der Waals surface area contributed by atoms with Crippen molar-refractivity contribution in [2.75, 3.05) is 13.1 Å². The van der Waals surface area contributed by atoms with Gasteiger partial charge in [-0.1, -0.05) is 20.8 Å². The molecule has 0 aromatic heterocycles. The highest BCUT2D eigenvalue weighted by Crippen LogP contribution is 2.00. The zero-order valence-electron chi connectivity index (χ0n) is 8.13. The van der Waals surface area contributed by atoms with Crippen molar-refractivity contribution in [3.05, 3.63) is 0 Å². The summed E-state index contributed by atoms with van der Waals surface area (Å²) in [5, 5.41) is 11.8. The number of rotatable bonds is 6. The lowest BCUT2D eigenvalue weighted by molar-refractivity contribution is -0.141. The lowest BCUT2D eigenvalue weighted by Gasteiger charge is -2.12. The van der Waals surface area contributed by atoms with Crippen molar-refractivity contribution >= 4 is 5.97 Å². The van der Waals surface area contributed by atoms with Gasteiger partial charge in [-0.2, -0.15) is 0 Å². The minimum Gasteiger partial charge on any atom is -0.481 e. The normalized spacial score (nSPS) is 13.3. The second-order valence-corrected chi connectivity index (χ2v) is 3.50. The summed E-state index contributed by atoms with van der Waals surface area (Å²) in [7, 11) is 0. The summed E-state index contributed by atoms with van der Waals surface area (Å²) in [5.41, 5.74) is 0. The van der Waals surface area contributed by atoms with Crippen molar-refractivity contribution in [2.45, 2.75) is 27.2 Å². The minimum atomic E-state index is -0.700. The Hall–Kier alpha value is -0.570. The van der Waals surface area contributed by atoms with Crippen LogP contribution < -0.4 is 5.32 Å². The second-order valence-electron chi connectivity index (χ2n) is 3.50. The number of carbonyl (C=O) groups is 1. The molecule has 0 rings (SSSR count). The highest BCUT2D eigenvalue weighted by atomic mass is 16.4. The number of hydrogen-bond donors (Lipinski definition) is 2. The summed E-state index contributed by atoms with van der Waals surface area (Å²) in [4.78, 5) is 10.6. The smallest absolute Gasteiger partial charge is 0.307 e. The van der Waals surface area contributed by atoms with E-state index in [-0.39, 0.29) is 5.92 Å². The Balaban J connectivity index is 3.52. The molecule has 0 aliphatic carbocycles. The first-order valence-corrected chi connectivity index (χ1v) is 4.51. The van der Waals surface area contributed by atoms with E-state index in [1.807, 2.05) is 6.92 Å². The van der Waals surface area contributed by atoms with E-state index in [9.17, 15) is 4.79 Å². The van der Waals surface area contributed by atoms with Gasteiger partial charge in [-0.15, -0.1) is 0 Å². The van der Waals surface area contributed by atoms with E-state index in [2.05, 4.69) is 19.2 Å². The summed E-state index contributed by atoms with van der Waals surface area (Å²) in [6, 6.07) is 0. The lowest BCUT2D eigenvalue weighted by Crippen LogP contribution is -2.30. The molecular weight excluding hydrogens is 154 g/mol. The van der Waals surface area contributed by atoms with Crippen LogP contribution in [0.5, 0.6) is 0 Å². The maximum atomic E-state index is 10.6. The molecule has 0 aromatic carbocycles. The zero-order chi connectivity index (χ0) is 9.56. The fourth-order valence-corrected chi connectivity index (χ4v) is 0.953. The third kappa shape index (κ3) is 5.13. The predicted molar refractivity (Wildman–Crippen MR) is 49.1 cm³/mol. The Labute approximate surface area is 74.2 Å². The fraction of sp³-hybridized carbons (Fsp3) is 0.889. The summed E-state index contributed by atoms with van der Waals surface area (Å²) >= 11 is 0. The number of carboxylic acids is 1. The molecule has 2 N–H and O–H groups in total. The molecule has 0 aliphatic heterocycles. The van der Waals surface area contributed by atoms with E-state index < -0.39 is 5.97 Å². The topological polar surface area (TPSA) is 49.3 Å². The van der Waals surface area contributed by atoms with E-state index in [1.54, 1.807) is 0 Å². The molecule has 1 unspecified atom stereocenters. The molecule has 3 nitrogen and oxygen atoms in total. The van der Waals surface area contributed by atoms with Crippen molar-refractivity contribution < 1.29 is 9.90 Å².